The van der Waals surface area contributed by atoms with Gasteiger partial charge in [0, 0.05) is 11.8 Å². The number of allylic oxidation sites excluding steroid dienone is 1. The third kappa shape index (κ3) is 12.0. The van der Waals surface area contributed by atoms with Crippen molar-refractivity contribution in [2.24, 2.45) is 28.6 Å². The first-order valence-electron chi connectivity index (χ1n) is 17.4. The van der Waals surface area contributed by atoms with Crippen LogP contribution in [0.4, 0.5) is 0 Å². The van der Waals surface area contributed by atoms with Gasteiger partial charge in [-0.25, -0.2) is 0 Å². The van der Waals surface area contributed by atoms with Gasteiger partial charge in [0.1, 0.15) is 12.7 Å². The van der Waals surface area contributed by atoms with Gasteiger partial charge in [-0.2, -0.15) is 0 Å². The van der Waals surface area contributed by atoms with Gasteiger partial charge >= 0.3 is 11.9 Å². The van der Waals surface area contributed by atoms with Crippen LogP contribution in [-0.4, -0.2) is 50.2 Å². The van der Waals surface area contributed by atoms with Crippen molar-refractivity contribution in [3.63, 3.8) is 0 Å². The van der Waals surface area contributed by atoms with E-state index in [9.17, 15) is 9.59 Å². The standard InChI is InChI=1S/C36H63NO4/c1-6-7-8-9-11-16-29(2)17-14-18-30(3)20-21-32(41-33(38)19-15-25-37(4)5)35(23-24-35)22-12-10-13-26-40-34(39)36-27-31(36)28-36/h10,13,29-32H,6-9,11-12,14-28H2,1-5H3/b13-10-. The summed E-state index contributed by atoms with van der Waals surface area (Å²) in [6.45, 7) is 8.40. The maximum atomic E-state index is 12.8. The molecule has 0 spiro atoms. The molecule has 3 saturated carbocycles. The SMILES string of the molecule is CCCCCCCC(C)CCCC(C)CCC(OC(=O)CCCN(C)C)C1(CC/C=C\COC(=O)C23CC2C3)CC1. The van der Waals surface area contributed by atoms with Gasteiger partial charge in [-0.15, -0.1) is 0 Å². The number of unbranched alkanes of at least 4 members (excludes halogenated alkanes) is 4. The number of fused-ring (bicyclic) bond motifs is 1. The number of esters is 2. The Balaban J connectivity index is 1.37. The molecular formula is C36H63NO4. The fourth-order valence-electron chi connectivity index (χ4n) is 6.64. The number of nitrogens with zero attached hydrogens (tertiary/aromatic N) is 1. The first-order valence-corrected chi connectivity index (χ1v) is 17.4. The van der Waals surface area contributed by atoms with Gasteiger partial charge in [0.05, 0.1) is 5.41 Å². The van der Waals surface area contributed by atoms with Crippen molar-refractivity contribution < 1.29 is 19.1 Å². The zero-order valence-electron chi connectivity index (χ0n) is 27.4. The molecule has 5 heteroatoms. The van der Waals surface area contributed by atoms with E-state index in [-0.39, 0.29) is 28.9 Å². The van der Waals surface area contributed by atoms with Gasteiger partial charge in [0.2, 0.25) is 0 Å². The van der Waals surface area contributed by atoms with E-state index in [0.717, 1.165) is 70.3 Å². The molecule has 3 atom stereocenters. The average molecular weight is 574 g/mol. The molecule has 0 aliphatic heterocycles. The predicted molar refractivity (Wildman–Crippen MR) is 169 cm³/mol. The highest BCUT2D eigenvalue weighted by Crippen LogP contribution is 2.75. The second-order valence-corrected chi connectivity index (χ2v) is 14.5. The van der Waals surface area contributed by atoms with Gasteiger partial charge in [0.15, 0.2) is 0 Å². The van der Waals surface area contributed by atoms with Crippen molar-refractivity contribution in [2.75, 3.05) is 27.2 Å². The summed E-state index contributed by atoms with van der Waals surface area (Å²) in [7, 11) is 4.09. The molecule has 0 aromatic heterocycles. The first kappa shape index (κ1) is 34.1. The lowest BCUT2D eigenvalue weighted by molar-refractivity contribution is -0.154. The molecule has 3 unspecified atom stereocenters. The minimum Gasteiger partial charge on any atom is -0.462 e. The highest BCUT2D eigenvalue weighted by atomic mass is 16.5. The Morgan fingerprint density at radius 1 is 0.878 bits per heavy atom. The van der Waals surface area contributed by atoms with Crippen LogP contribution in [0.15, 0.2) is 12.2 Å². The van der Waals surface area contributed by atoms with Crippen LogP contribution in [0.2, 0.25) is 0 Å². The zero-order chi connectivity index (χ0) is 29.7. The van der Waals surface area contributed by atoms with Crippen LogP contribution in [0.5, 0.6) is 0 Å². The van der Waals surface area contributed by atoms with Gasteiger partial charge < -0.3 is 14.4 Å². The molecule has 3 fully saturated rings. The Labute approximate surface area is 252 Å². The molecule has 0 heterocycles. The lowest BCUT2D eigenvalue weighted by Gasteiger charge is -2.28. The number of ether oxygens (including phenoxy) is 2. The Morgan fingerprint density at radius 2 is 1.54 bits per heavy atom. The summed E-state index contributed by atoms with van der Waals surface area (Å²) in [5, 5.41) is 0. The molecule has 0 aromatic carbocycles. The predicted octanol–water partition coefficient (Wildman–Crippen LogP) is 8.89. The van der Waals surface area contributed by atoms with E-state index in [1.807, 2.05) is 20.2 Å². The maximum absolute atomic E-state index is 12.8. The van der Waals surface area contributed by atoms with E-state index >= 15 is 0 Å². The third-order valence-electron chi connectivity index (χ3n) is 10.3. The number of rotatable bonds is 25. The van der Waals surface area contributed by atoms with Crippen LogP contribution >= 0.6 is 0 Å². The van der Waals surface area contributed by atoms with Crippen molar-refractivity contribution in [2.45, 2.75) is 149 Å². The number of carbonyl (C=O) groups is 2. The minimum atomic E-state index is -0.0567. The molecular weight excluding hydrogens is 510 g/mol. The molecule has 0 aromatic rings. The molecule has 0 saturated heterocycles. The monoisotopic (exact) mass is 573 g/mol. The minimum absolute atomic E-state index is 0.0121. The van der Waals surface area contributed by atoms with Gasteiger partial charge in [0.25, 0.3) is 0 Å². The molecule has 0 amide bonds. The van der Waals surface area contributed by atoms with Crippen LogP contribution in [-0.2, 0) is 19.1 Å². The second-order valence-electron chi connectivity index (χ2n) is 14.5. The smallest absolute Gasteiger partial charge is 0.312 e. The highest BCUT2D eigenvalue weighted by molar-refractivity contribution is 5.85. The summed E-state index contributed by atoms with van der Waals surface area (Å²) in [5.74, 6) is 2.13. The van der Waals surface area contributed by atoms with Crippen LogP contribution in [0.1, 0.15) is 143 Å². The summed E-state index contributed by atoms with van der Waals surface area (Å²) in [5.41, 5.74) is 0.0806. The third-order valence-corrected chi connectivity index (χ3v) is 10.3. The van der Waals surface area contributed by atoms with E-state index < -0.39 is 0 Å². The number of hydrogen-bond acceptors (Lipinski definition) is 5. The van der Waals surface area contributed by atoms with Gasteiger partial charge in [-0.1, -0.05) is 90.7 Å². The molecule has 0 radical (unpaired) electrons. The normalized spacial score (nSPS) is 24.1. The van der Waals surface area contributed by atoms with Crippen molar-refractivity contribution in [3.05, 3.63) is 12.2 Å². The van der Waals surface area contributed by atoms with E-state index in [1.54, 1.807) is 0 Å². The fourth-order valence-corrected chi connectivity index (χ4v) is 6.64. The van der Waals surface area contributed by atoms with Crippen molar-refractivity contribution in [3.8, 4) is 0 Å². The van der Waals surface area contributed by atoms with Gasteiger partial charge in [-0.3, -0.25) is 9.59 Å². The van der Waals surface area contributed by atoms with Crippen molar-refractivity contribution in [1.82, 2.24) is 4.90 Å². The largest absolute Gasteiger partial charge is 0.462 e. The molecule has 3 aliphatic rings. The highest BCUT2D eigenvalue weighted by Gasteiger charge is 2.75. The fraction of sp³-hybridized carbons (Fsp3) is 0.889. The quantitative estimate of drug-likeness (QED) is 0.0620. The average Bonchev–Trinajstić information content (AvgIpc) is 3.82. The molecule has 236 valence electrons. The molecule has 0 N–H and O–H groups in total. The Bertz CT molecular complexity index is 810. The summed E-state index contributed by atoms with van der Waals surface area (Å²) in [4.78, 5) is 27.0. The molecule has 0 bridgehead atoms. The van der Waals surface area contributed by atoms with E-state index in [1.165, 1.54) is 57.8 Å². The van der Waals surface area contributed by atoms with Crippen molar-refractivity contribution in [1.29, 1.82) is 0 Å². The molecule has 41 heavy (non-hydrogen) atoms. The summed E-state index contributed by atoms with van der Waals surface area (Å²) >= 11 is 0. The maximum Gasteiger partial charge on any atom is 0.312 e. The zero-order valence-corrected chi connectivity index (χ0v) is 27.4. The summed E-state index contributed by atoms with van der Waals surface area (Å²) in [6.07, 6.45) is 26.3. The van der Waals surface area contributed by atoms with E-state index in [2.05, 4.69) is 31.7 Å². The lowest BCUT2D eigenvalue weighted by atomic mass is 9.86. The first-order chi connectivity index (χ1) is 19.7. The van der Waals surface area contributed by atoms with Gasteiger partial charge in [-0.05, 0) is 96.2 Å². The van der Waals surface area contributed by atoms with Crippen LogP contribution in [0, 0.1) is 28.6 Å². The van der Waals surface area contributed by atoms with Crippen LogP contribution < -0.4 is 0 Å². The van der Waals surface area contributed by atoms with E-state index in [0.29, 0.717) is 24.9 Å². The van der Waals surface area contributed by atoms with Crippen LogP contribution in [0.3, 0.4) is 0 Å². The number of hydrogen-bond donors (Lipinski definition) is 0. The Morgan fingerprint density at radius 3 is 2.17 bits per heavy atom. The summed E-state index contributed by atoms with van der Waals surface area (Å²) < 4.78 is 11.7. The topological polar surface area (TPSA) is 55.8 Å². The Kier molecular flexibility index (Phi) is 14.2. The molecule has 3 rings (SSSR count). The second kappa shape index (κ2) is 17.1. The van der Waals surface area contributed by atoms with Crippen molar-refractivity contribution >= 4 is 11.9 Å². The van der Waals surface area contributed by atoms with E-state index in [4.69, 9.17) is 9.47 Å². The molecule has 3 aliphatic carbocycles. The number of carbonyl (C=O) groups excluding carboxylic acids is 2. The lowest BCUT2D eigenvalue weighted by Crippen LogP contribution is -2.29. The van der Waals surface area contributed by atoms with Crippen LogP contribution in [0.25, 0.3) is 0 Å². The Hall–Kier alpha value is -1.36. The summed E-state index contributed by atoms with van der Waals surface area (Å²) in [6, 6.07) is 0. The molecule has 5 nitrogen and oxygen atoms in total.